The first-order chi connectivity index (χ1) is 16.9. The number of ether oxygens (including phenoxy) is 2. The minimum Gasteiger partial charge on any atom is -0.464 e. The summed E-state index contributed by atoms with van der Waals surface area (Å²) >= 11 is 0. The average molecular weight is 507 g/mol. The number of methoxy groups -OCH3 is 2. The van der Waals surface area contributed by atoms with E-state index in [1.165, 1.54) is 44.0 Å². The van der Waals surface area contributed by atoms with Crippen LogP contribution in [0.15, 0.2) is 54.6 Å². The monoisotopic (exact) mass is 506 g/mol. The second kappa shape index (κ2) is 11.5. The lowest BCUT2D eigenvalue weighted by Crippen LogP contribution is -2.29. The molecule has 0 amide bonds. The fourth-order valence-electron chi connectivity index (χ4n) is 4.70. The fourth-order valence-corrected chi connectivity index (χ4v) is 6.99. The second-order valence-electron chi connectivity index (χ2n) is 11.7. The lowest BCUT2D eigenvalue weighted by Gasteiger charge is -2.32. The van der Waals surface area contributed by atoms with Gasteiger partial charge in [0.1, 0.15) is 5.75 Å². The Hall–Kier alpha value is -2.19. The quantitative estimate of drug-likeness (QED) is 0.294. The van der Waals surface area contributed by atoms with Crippen LogP contribution in [0.2, 0.25) is 0 Å². The van der Waals surface area contributed by atoms with Gasteiger partial charge in [0.15, 0.2) is 8.15 Å². The van der Waals surface area contributed by atoms with Gasteiger partial charge in [0, 0.05) is 24.8 Å². The molecule has 3 aromatic rings. The first kappa shape index (κ1) is 28.4. The molecular weight excluding hydrogens is 463 g/mol. The SMILES string of the molecule is COCc1c(P(Oc2ccccc2)c2cc(C)cc(C(C)(C)C)c2COC)cc(C)cc1C(C)(C)C. The molecule has 0 aliphatic heterocycles. The van der Waals surface area contributed by atoms with Crippen LogP contribution in [0.1, 0.15) is 74.9 Å². The number of aryl methyl sites for hydroxylation is 2. The summed E-state index contributed by atoms with van der Waals surface area (Å²) in [5.41, 5.74) is 7.47. The zero-order valence-electron chi connectivity index (χ0n) is 23.8. The fraction of sp³-hybridized carbons (Fsp3) is 0.438. The van der Waals surface area contributed by atoms with Gasteiger partial charge < -0.3 is 14.0 Å². The van der Waals surface area contributed by atoms with E-state index < -0.39 is 8.15 Å². The summed E-state index contributed by atoms with van der Waals surface area (Å²) in [6, 6.07) is 19.4. The molecule has 3 nitrogen and oxygen atoms in total. The van der Waals surface area contributed by atoms with Crippen molar-refractivity contribution in [1.29, 1.82) is 0 Å². The highest BCUT2D eigenvalue weighted by atomic mass is 31.1. The maximum Gasteiger partial charge on any atom is 0.151 e. The zero-order valence-corrected chi connectivity index (χ0v) is 24.7. The van der Waals surface area contributed by atoms with E-state index in [0.29, 0.717) is 13.2 Å². The van der Waals surface area contributed by atoms with E-state index in [1.54, 1.807) is 14.2 Å². The van der Waals surface area contributed by atoms with E-state index >= 15 is 0 Å². The number of rotatable bonds is 8. The predicted octanol–water partition coefficient (Wildman–Crippen LogP) is 7.62. The molecule has 3 rings (SSSR count). The first-order valence-corrected chi connectivity index (χ1v) is 13.9. The highest BCUT2D eigenvalue weighted by Gasteiger charge is 2.31. The van der Waals surface area contributed by atoms with Crippen molar-refractivity contribution in [1.82, 2.24) is 0 Å². The lowest BCUT2D eigenvalue weighted by molar-refractivity contribution is 0.183. The van der Waals surface area contributed by atoms with Gasteiger partial charge in [0.25, 0.3) is 0 Å². The summed E-state index contributed by atoms with van der Waals surface area (Å²) in [5.74, 6) is 0.868. The van der Waals surface area contributed by atoms with Crippen LogP contribution in [0.3, 0.4) is 0 Å². The molecule has 0 saturated carbocycles. The lowest BCUT2D eigenvalue weighted by atomic mass is 9.83. The number of hydrogen-bond donors (Lipinski definition) is 0. The van der Waals surface area contributed by atoms with Crippen molar-refractivity contribution in [3.63, 3.8) is 0 Å². The van der Waals surface area contributed by atoms with Crippen LogP contribution in [0.25, 0.3) is 0 Å². The van der Waals surface area contributed by atoms with E-state index in [-0.39, 0.29) is 10.8 Å². The van der Waals surface area contributed by atoms with Crippen molar-refractivity contribution in [3.8, 4) is 5.75 Å². The van der Waals surface area contributed by atoms with E-state index in [2.05, 4.69) is 79.7 Å². The Bertz CT molecular complexity index is 1100. The molecule has 0 spiro atoms. The van der Waals surface area contributed by atoms with Crippen molar-refractivity contribution in [2.45, 2.75) is 79.4 Å². The van der Waals surface area contributed by atoms with Gasteiger partial charge in [0.2, 0.25) is 0 Å². The normalized spacial score (nSPS) is 12.3. The molecule has 0 heterocycles. The molecule has 0 bridgehead atoms. The van der Waals surface area contributed by atoms with Gasteiger partial charge in [-0.3, -0.25) is 0 Å². The Labute approximate surface area is 220 Å². The van der Waals surface area contributed by atoms with Gasteiger partial charge in [-0.25, -0.2) is 0 Å². The Morgan fingerprint density at radius 2 is 1.06 bits per heavy atom. The largest absolute Gasteiger partial charge is 0.464 e. The average Bonchev–Trinajstić information content (AvgIpc) is 2.79. The summed E-state index contributed by atoms with van der Waals surface area (Å²) in [4.78, 5) is 0. The molecular formula is C32H43O3P. The van der Waals surface area contributed by atoms with Crippen LogP contribution in [-0.2, 0) is 33.5 Å². The van der Waals surface area contributed by atoms with Crippen LogP contribution < -0.4 is 15.1 Å². The van der Waals surface area contributed by atoms with Gasteiger partial charge >= 0.3 is 0 Å². The van der Waals surface area contributed by atoms with Crippen molar-refractivity contribution >= 4 is 18.8 Å². The van der Waals surface area contributed by atoms with Crippen LogP contribution in [0.4, 0.5) is 0 Å². The summed E-state index contributed by atoms with van der Waals surface area (Å²) in [5, 5.41) is 2.42. The third kappa shape index (κ3) is 6.57. The molecule has 194 valence electrons. The summed E-state index contributed by atoms with van der Waals surface area (Å²) < 4.78 is 18.5. The van der Waals surface area contributed by atoms with Crippen LogP contribution >= 0.6 is 8.15 Å². The molecule has 0 aliphatic rings. The molecule has 0 fully saturated rings. The van der Waals surface area contributed by atoms with Crippen molar-refractivity contribution in [3.05, 3.63) is 88.0 Å². The Kier molecular flexibility index (Phi) is 9.04. The van der Waals surface area contributed by atoms with Crippen molar-refractivity contribution in [2.24, 2.45) is 0 Å². The minimum absolute atomic E-state index is 0.0269. The zero-order chi connectivity index (χ0) is 26.7. The molecule has 0 radical (unpaired) electrons. The van der Waals surface area contributed by atoms with E-state index in [4.69, 9.17) is 14.0 Å². The van der Waals surface area contributed by atoms with Crippen LogP contribution in [0, 0.1) is 13.8 Å². The molecule has 0 aliphatic carbocycles. The van der Waals surface area contributed by atoms with Gasteiger partial charge in [-0.05, 0) is 71.2 Å². The topological polar surface area (TPSA) is 27.7 Å². The van der Waals surface area contributed by atoms with E-state index in [9.17, 15) is 0 Å². The molecule has 0 atom stereocenters. The third-order valence-electron chi connectivity index (χ3n) is 6.31. The van der Waals surface area contributed by atoms with Gasteiger partial charge in [-0.1, -0.05) is 83.0 Å². The summed E-state index contributed by atoms with van der Waals surface area (Å²) in [6.45, 7) is 19.1. The maximum absolute atomic E-state index is 6.96. The third-order valence-corrected chi connectivity index (χ3v) is 8.38. The molecule has 0 unspecified atom stereocenters. The molecule has 0 N–H and O–H groups in total. The van der Waals surface area contributed by atoms with Gasteiger partial charge in [0.05, 0.1) is 13.2 Å². The molecule has 3 aromatic carbocycles. The number of benzene rings is 3. The Morgan fingerprint density at radius 1 is 0.639 bits per heavy atom. The molecule has 0 saturated heterocycles. The van der Waals surface area contributed by atoms with Crippen molar-refractivity contribution in [2.75, 3.05) is 14.2 Å². The van der Waals surface area contributed by atoms with Gasteiger partial charge in [-0.2, -0.15) is 0 Å². The summed E-state index contributed by atoms with van der Waals surface area (Å²) in [7, 11) is 2.34. The number of hydrogen-bond acceptors (Lipinski definition) is 3. The van der Waals surface area contributed by atoms with Gasteiger partial charge in [-0.15, -0.1) is 0 Å². The standard InChI is InChI=1S/C32H43O3P/c1-22-16-27(31(3,4)5)25(20-33-9)29(18-22)36(35-24-14-12-11-13-15-24)30-19-23(2)17-28(32(6,7)8)26(30)21-34-10/h11-19H,20-21H2,1-10H3. The smallest absolute Gasteiger partial charge is 0.151 e. The highest BCUT2D eigenvalue weighted by molar-refractivity contribution is 7.69. The summed E-state index contributed by atoms with van der Waals surface area (Å²) in [6.07, 6.45) is 0. The molecule has 36 heavy (non-hydrogen) atoms. The van der Waals surface area contributed by atoms with E-state index in [0.717, 1.165) is 5.75 Å². The minimum atomic E-state index is -1.21. The van der Waals surface area contributed by atoms with Crippen LogP contribution in [-0.4, -0.2) is 14.2 Å². The highest BCUT2D eigenvalue weighted by Crippen LogP contribution is 2.43. The molecule has 0 aromatic heterocycles. The predicted molar refractivity (Wildman–Crippen MR) is 154 cm³/mol. The number of para-hydroxylation sites is 1. The second-order valence-corrected chi connectivity index (χ2v) is 13.4. The van der Waals surface area contributed by atoms with Crippen molar-refractivity contribution < 1.29 is 14.0 Å². The maximum atomic E-state index is 6.96. The Morgan fingerprint density at radius 3 is 1.42 bits per heavy atom. The van der Waals surface area contributed by atoms with Crippen LogP contribution in [0.5, 0.6) is 5.75 Å². The van der Waals surface area contributed by atoms with E-state index in [1.807, 2.05) is 30.3 Å². The first-order valence-electron chi connectivity index (χ1n) is 12.7. The molecule has 4 heteroatoms. The Balaban J connectivity index is 2.41.